The Morgan fingerprint density at radius 2 is 2.45 bits per heavy atom. The van der Waals surface area contributed by atoms with Crippen molar-refractivity contribution >= 4 is 16.7 Å². The van der Waals surface area contributed by atoms with Crippen LogP contribution in [0.5, 0.6) is 0 Å². The second kappa shape index (κ2) is 3.64. The lowest BCUT2D eigenvalue weighted by Crippen LogP contribution is -2.18. The summed E-state index contributed by atoms with van der Waals surface area (Å²) in [7, 11) is 0. The average Bonchev–Trinajstić information content (AvgIpc) is 2.35. The van der Waals surface area contributed by atoms with Crippen molar-refractivity contribution in [2.24, 2.45) is 0 Å². The molecule has 0 saturated carbocycles. The van der Waals surface area contributed by atoms with E-state index >= 15 is 0 Å². The average molecular weight is 173 g/mol. The fourth-order valence-corrected chi connectivity index (χ4v) is 1.30. The van der Waals surface area contributed by atoms with E-state index in [1.54, 1.807) is 0 Å². The van der Waals surface area contributed by atoms with Gasteiger partial charge in [0.05, 0.1) is 6.61 Å². The van der Waals surface area contributed by atoms with Crippen molar-refractivity contribution in [2.75, 3.05) is 11.9 Å². The normalized spacial score (nSPS) is 13.0. The summed E-state index contributed by atoms with van der Waals surface area (Å²) in [5.74, 6) is 0.766. The molecule has 1 aromatic rings. The summed E-state index contributed by atoms with van der Waals surface area (Å²) in [6, 6.07) is 0.0438. The maximum absolute atomic E-state index is 8.70. The van der Waals surface area contributed by atoms with E-state index < -0.39 is 0 Å². The van der Waals surface area contributed by atoms with Crippen LogP contribution < -0.4 is 5.32 Å². The Morgan fingerprint density at radius 3 is 2.91 bits per heavy atom. The zero-order valence-electron chi connectivity index (χ0n) is 6.53. The molecule has 1 aromatic heterocycles. The Balaban J connectivity index is 2.50. The van der Waals surface area contributed by atoms with E-state index in [9.17, 15) is 0 Å². The van der Waals surface area contributed by atoms with E-state index in [1.807, 2.05) is 13.8 Å². The molecule has 0 amide bonds. The maximum Gasteiger partial charge on any atom is 0.202 e. The van der Waals surface area contributed by atoms with Gasteiger partial charge in [-0.25, -0.2) is 4.98 Å². The molecule has 1 rings (SSSR count). The molecule has 0 aliphatic carbocycles. The van der Waals surface area contributed by atoms with Crippen LogP contribution in [0, 0.1) is 6.92 Å². The standard InChI is InChI=1S/C6H11N3OS/c1-4(3-10)7-6-8-5(2)9-11-6/h4,10H,3H2,1-2H3,(H,7,8,9). The number of hydrogen-bond acceptors (Lipinski definition) is 5. The minimum absolute atomic E-state index is 0.0438. The maximum atomic E-state index is 8.70. The molecule has 0 radical (unpaired) electrons. The van der Waals surface area contributed by atoms with Gasteiger partial charge in [0, 0.05) is 17.6 Å². The number of aliphatic hydroxyl groups excluding tert-OH is 1. The first-order valence-corrected chi connectivity index (χ1v) is 4.17. The number of anilines is 1. The molecule has 2 N–H and O–H groups in total. The van der Waals surface area contributed by atoms with Crippen molar-refractivity contribution in [2.45, 2.75) is 19.9 Å². The van der Waals surface area contributed by atoms with Gasteiger partial charge in [0.15, 0.2) is 0 Å². The molecule has 0 aliphatic rings. The topological polar surface area (TPSA) is 58.0 Å². The van der Waals surface area contributed by atoms with E-state index in [0.29, 0.717) is 0 Å². The van der Waals surface area contributed by atoms with Crippen LogP contribution >= 0.6 is 11.5 Å². The highest BCUT2D eigenvalue weighted by Crippen LogP contribution is 2.10. The van der Waals surface area contributed by atoms with Gasteiger partial charge in [-0.05, 0) is 13.8 Å². The Bertz CT molecular complexity index is 225. The number of nitrogens with one attached hydrogen (secondary N) is 1. The van der Waals surface area contributed by atoms with Gasteiger partial charge in [-0.1, -0.05) is 0 Å². The number of aliphatic hydroxyl groups is 1. The van der Waals surface area contributed by atoms with Crippen LogP contribution in [-0.4, -0.2) is 27.1 Å². The zero-order chi connectivity index (χ0) is 8.27. The second-order valence-electron chi connectivity index (χ2n) is 2.37. The van der Waals surface area contributed by atoms with Crippen molar-refractivity contribution < 1.29 is 5.11 Å². The van der Waals surface area contributed by atoms with Gasteiger partial charge in [-0.15, -0.1) is 0 Å². The Morgan fingerprint density at radius 1 is 1.73 bits per heavy atom. The van der Waals surface area contributed by atoms with Gasteiger partial charge in [0.1, 0.15) is 5.82 Å². The van der Waals surface area contributed by atoms with E-state index in [2.05, 4.69) is 14.7 Å². The smallest absolute Gasteiger partial charge is 0.202 e. The van der Waals surface area contributed by atoms with Gasteiger partial charge in [-0.2, -0.15) is 4.37 Å². The lowest BCUT2D eigenvalue weighted by atomic mass is 10.4. The van der Waals surface area contributed by atoms with Gasteiger partial charge < -0.3 is 10.4 Å². The summed E-state index contributed by atoms with van der Waals surface area (Å²) in [6.07, 6.45) is 0. The Hall–Kier alpha value is -0.680. The lowest BCUT2D eigenvalue weighted by Gasteiger charge is -2.06. The van der Waals surface area contributed by atoms with E-state index in [0.717, 1.165) is 11.0 Å². The predicted octanol–water partition coefficient (Wildman–Crippen LogP) is 0.639. The molecule has 1 atom stereocenters. The highest BCUT2D eigenvalue weighted by atomic mass is 32.1. The molecule has 4 nitrogen and oxygen atoms in total. The molecule has 62 valence electrons. The molecule has 0 saturated heterocycles. The number of hydrogen-bond donors (Lipinski definition) is 2. The molecular weight excluding hydrogens is 162 g/mol. The van der Waals surface area contributed by atoms with E-state index in [4.69, 9.17) is 5.11 Å². The molecule has 5 heteroatoms. The molecular formula is C6H11N3OS. The summed E-state index contributed by atoms with van der Waals surface area (Å²) in [6.45, 7) is 3.83. The lowest BCUT2D eigenvalue weighted by molar-refractivity contribution is 0.281. The van der Waals surface area contributed by atoms with Crippen LogP contribution in [0.2, 0.25) is 0 Å². The highest BCUT2D eigenvalue weighted by molar-refractivity contribution is 7.09. The van der Waals surface area contributed by atoms with Crippen molar-refractivity contribution in [1.29, 1.82) is 0 Å². The molecule has 1 heterocycles. The second-order valence-corrected chi connectivity index (χ2v) is 3.13. The van der Waals surface area contributed by atoms with Crippen molar-refractivity contribution in [3.8, 4) is 0 Å². The van der Waals surface area contributed by atoms with Crippen LogP contribution in [0.1, 0.15) is 12.7 Å². The third-order valence-corrected chi connectivity index (χ3v) is 1.91. The summed E-state index contributed by atoms with van der Waals surface area (Å²) in [5, 5.41) is 12.5. The molecule has 0 spiro atoms. The molecule has 0 aromatic carbocycles. The molecule has 0 fully saturated rings. The van der Waals surface area contributed by atoms with Crippen molar-refractivity contribution in [1.82, 2.24) is 9.36 Å². The van der Waals surface area contributed by atoms with Crippen LogP contribution in [0.4, 0.5) is 5.13 Å². The monoisotopic (exact) mass is 173 g/mol. The predicted molar refractivity (Wildman–Crippen MR) is 44.8 cm³/mol. The summed E-state index contributed by atoms with van der Waals surface area (Å²) in [4.78, 5) is 4.08. The van der Waals surface area contributed by atoms with E-state index in [1.165, 1.54) is 11.5 Å². The van der Waals surface area contributed by atoms with Gasteiger partial charge in [0.2, 0.25) is 5.13 Å². The molecule has 0 bridgehead atoms. The number of aromatic nitrogens is 2. The van der Waals surface area contributed by atoms with Crippen LogP contribution in [0.3, 0.4) is 0 Å². The van der Waals surface area contributed by atoms with Crippen LogP contribution in [0.15, 0.2) is 0 Å². The minimum Gasteiger partial charge on any atom is -0.394 e. The van der Waals surface area contributed by atoms with E-state index in [-0.39, 0.29) is 12.6 Å². The first kappa shape index (κ1) is 8.42. The minimum atomic E-state index is 0.0438. The zero-order valence-corrected chi connectivity index (χ0v) is 7.35. The summed E-state index contributed by atoms with van der Waals surface area (Å²) in [5.41, 5.74) is 0. The van der Waals surface area contributed by atoms with Gasteiger partial charge >= 0.3 is 0 Å². The highest BCUT2D eigenvalue weighted by Gasteiger charge is 2.02. The summed E-state index contributed by atoms with van der Waals surface area (Å²) < 4.78 is 3.99. The van der Waals surface area contributed by atoms with Gasteiger partial charge in [-0.3, -0.25) is 0 Å². The van der Waals surface area contributed by atoms with Gasteiger partial charge in [0.25, 0.3) is 0 Å². The van der Waals surface area contributed by atoms with Crippen molar-refractivity contribution in [3.63, 3.8) is 0 Å². The quantitative estimate of drug-likeness (QED) is 0.704. The third kappa shape index (κ3) is 2.44. The molecule has 0 aliphatic heterocycles. The largest absolute Gasteiger partial charge is 0.394 e. The Labute approximate surface area is 69.5 Å². The number of aryl methyl sites for hydroxylation is 1. The molecule has 11 heavy (non-hydrogen) atoms. The Kier molecular flexibility index (Phi) is 2.78. The fourth-order valence-electron chi connectivity index (χ4n) is 0.612. The fraction of sp³-hybridized carbons (Fsp3) is 0.667. The number of nitrogens with zero attached hydrogens (tertiary/aromatic N) is 2. The third-order valence-electron chi connectivity index (χ3n) is 1.17. The van der Waals surface area contributed by atoms with Crippen LogP contribution in [0.25, 0.3) is 0 Å². The molecule has 1 unspecified atom stereocenters. The number of rotatable bonds is 3. The first-order chi connectivity index (χ1) is 5.22. The first-order valence-electron chi connectivity index (χ1n) is 3.40. The summed E-state index contributed by atoms with van der Waals surface area (Å²) >= 11 is 1.31. The van der Waals surface area contributed by atoms with Crippen LogP contribution in [-0.2, 0) is 0 Å². The van der Waals surface area contributed by atoms with Crippen molar-refractivity contribution in [3.05, 3.63) is 5.82 Å². The SMILES string of the molecule is Cc1nsc(NC(C)CO)n1.